The van der Waals surface area contributed by atoms with Gasteiger partial charge in [0.15, 0.2) is 0 Å². The van der Waals surface area contributed by atoms with Crippen molar-refractivity contribution in [2.24, 2.45) is 0 Å². The van der Waals surface area contributed by atoms with Gasteiger partial charge in [0.2, 0.25) is 0 Å². The fourth-order valence-corrected chi connectivity index (χ4v) is 3.11. The zero-order valence-electron chi connectivity index (χ0n) is 12.4. The van der Waals surface area contributed by atoms with Crippen molar-refractivity contribution < 1.29 is 9.15 Å². The van der Waals surface area contributed by atoms with Crippen LogP contribution in [0.25, 0.3) is 10.8 Å². The fourth-order valence-electron chi connectivity index (χ4n) is 2.74. The summed E-state index contributed by atoms with van der Waals surface area (Å²) in [6.45, 7) is 6.09. The van der Waals surface area contributed by atoms with E-state index in [2.05, 4.69) is 20.8 Å². The second kappa shape index (κ2) is 7.73. The zero-order chi connectivity index (χ0) is 14.8. The molecule has 2 heterocycles. The van der Waals surface area contributed by atoms with Crippen molar-refractivity contribution >= 4 is 43.7 Å². The number of nitrogens with zero attached hydrogens (tertiary/aromatic N) is 1. The average molecular weight is 433 g/mol. The van der Waals surface area contributed by atoms with Crippen LogP contribution in [-0.2, 0) is 11.3 Å². The number of morpholine rings is 1. The summed E-state index contributed by atoms with van der Waals surface area (Å²) in [7, 11) is 0. The highest BCUT2D eigenvalue weighted by Crippen LogP contribution is 2.30. The van der Waals surface area contributed by atoms with Gasteiger partial charge in [-0.25, -0.2) is 4.79 Å². The summed E-state index contributed by atoms with van der Waals surface area (Å²) in [6.07, 6.45) is 0. The van der Waals surface area contributed by atoms with Crippen molar-refractivity contribution in [1.29, 1.82) is 0 Å². The van der Waals surface area contributed by atoms with Crippen LogP contribution in [0.4, 0.5) is 0 Å². The lowest BCUT2D eigenvalue weighted by Gasteiger charge is -2.27. The average Bonchev–Trinajstić information content (AvgIpc) is 2.51. The lowest BCUT2D eigenvalue weighted by molar-refractivity contribution is 0.0339. The highest BCUT2D eigenvalue weighted by atomic mass is 79.9. The molecule has 22 heavy (non-hydrogen) atoms. The third kappa shape index (κ3) is 3.62. The van der Waals surface area contributed by atoms with Crippen molar-refractivity contribution in [2.45, 2.75) is 18.3 Å². The van der Waals surface area contributed by atoms with E-state index in [9.17, 15) is 4.79 Å². The van der Waals surface area contributed by atoms with E-state index in [1.165, 1.54) is 0 Å². The van der Waals surface area contributed by atoms with Crippen molar-refractivity contribution in [3.8, 4) is 0 Å². The maximum atomic E-state index is 12.1. The van der Waals surface area contributed by atoms with Gasteiger partial charge < -0.3 is 9.15 Å². The number of hydrogen-bond donors (Lipinski definition) is 0. The van der Waals surface area contributed by atoms with Crippen LogP contribution in [0, 0.1) is 0 Å². The number of benzene rings is 1. The van der Waals surface area contributed by atoms with Gasteiger partial charge >= 0.3 is 5.63 Å². The number of fused-ring (bicyclic) bond motifs is 1. The Bertz CT molecular complexity index is 693. The van der Waals surface area contributed by atoms with Gasteiger partial charge in [-0.15, -0.1) is 17.0 Å². The van der Waals surface area contributed by atoms with Gasteiger partial charge in [0.25, 0.3) is 0 Å². The molecule has 2 aromatic rings. The quantitative estimate of drug-likeness (QED) is 0.694. The minimum absolute atomic E-state index is 0. The van der Waals surface area contributed by atoms with E-state index in [1.54, 1.807) is 0 Å². The Hall–Kier alpha value is -0.690. The molecule has 3 rings (SSSR count). The Kier molecular flexibility index (Phi) is 6.20. The predicted octanol–water partition coefficient (Wildman–Crippen LogP) is 3.66. The van der Waals surface area contributed by atoms with Crippen LogP contribution in [0.15, 0.2) is 33.5 Å². The fraction of sp³-hybridized carbons (Fsp3) is 0.438. The maximum absolute atomic E-state index is 12.1. The standard InChI is InChI=1S/C16H18BrNO3.BrH/c1-11(17)15-14(10-18-6-8-20-9-7-18)12-4-2-3-5-13(12)16(19)21-15;/h2-5,11H,6-10H2,1H3;1H. The highest BCUT2D eigenvalue weighted by Gasteiger charge is 2.20. The molecule has 1 aliphatic rings. The minimum Gasteiger partial charge on any atom is -0.426 e. The monoisotopic (exact) mass is 431 g/mol. The molecule has 1 atom stereocenters. The SMILES string of the molecule is Br.CC(Br)c1oc(=O)c2ccccc2c1CN1CCOCC1. The smallest absolute Gasteiger partial charge is 0.343 e. The number of alkyl halides is 1. The molecular formula is C16H19Br2NO3. The predicted molar refractivity (Wildman–Crippen MR) is 96.2 cm³/mol. The molecule has 1 unspecified atom stereocenters. The van der Waals surface area contributed by atoms with Crippen molar-refractivity contribution in [3.63, 3.8) is 0 Å². The van der Waals surface area contributed by atoms with Gasteiger partial charge in [0.05, 0.1) is 23.4 Å². The molecule has 0 aliphatic carbocycles. The van der Waals surface area contributed by atoms with E-state index < -0.39 is 0 Å². The molecule has 1 fully saturated rings. The molecule has 1 aliphatic heterocycles. The maximum Gasteiger partial charge on any atom is 0.343 e. The molecule has 0 saturated carbocycles. The Morgan fingerprint density at radius 2 is 1.86 bits per heavy atom. The molecule has 0 amide bonds. The van der Waals surface area contributed by atoms with Gasteiger partial charge in [-0.3, -0.25) is 4.90 Å². The molecule has 0 bridgehead atoms. The summed E-state index contributed by atoms with van der Waals surface area (Å²) >= 11 is 3.54. The topological polar surface area (TPSA) is 42.7 Å². The number of hydrogen-bond acceptors (Lipinski definition) is 4. The molecule has 0 N–H and O–H groups in total. The molecule has 1 saturated heterocycles. The summed E-state index contributed by atoms with van der Waals surface area (Å²) in [5.41, 5.74) is 0.828. The molecule has 4 nitrogen and oxygen atoms in total. The molecule has 0 spiro atoms. The van der Waals surface area contributed by atoms with E-state index in [1.807, 2.05) is 31.2 Å². The summed E-state index contributed by atoms with van der Waals surface area (Å²) in [5, 5.41) is 1.64. The van der Waals surface area contributed by atoms with Crippen molar-refractivity contribution in [2.75, 3.05) is 26.3 Å². The summed E-state index contributed by atoms with van der Waals surface area (Å²) in [4.78, 5) is 14.5. The van der Waals surface area contributed by atoms with Gasteiger partial charge in [0.1, 0.15) is 5.76 Å². The van der Waals surface area contributed by atoms with Gasteiger partial charge in [-0.05, 0) is 18.4 Å². The van der Waals surface area contributed by atoms with Crippen LogP contribution in [0.3, 0.4) is 0 Å². The van der Waals surface area contributed by atoms with E-state index in [0.717, 1.165) is 49.6 Å². The summed E-state index contributed by atoms with van der Waals surface area (Å²) in [6, 6.07) is 7.66. The van der Waals surface area contributed by atoms with Gasteiger partial charge in [-0.2, -0.15) is 0 Å². The van der Waals surface area contributed by atoms with E-state index in [-0.39, 0.29) is 27.4 Å². The van der Waals surface area contributed by atoms with Crippen LogP contribution < -0.4 is 5.63 Å². The second-order valence-corrected chi connectivity index (χ2v) is 6.66. The Morgan fingerprint density at radius 1 is 1.23 bits per heavy atom. The molecule has 6 heteroatoms. The Labute approximate surface area is 148 Å². The minimum atomic E-state index is -0.266. The van der Waals surface area contributed by atoms with Crippen LogP contribution in [0.5, 0.6) is 0 Å². The molecule has 1 aromatic carbocycles. The van der Waals surface area contributed by atoms with E-state index >= 15 is 0 Å². The molecule has 1 aromatic heterocycles. The first-order chi connectivity index (χ1) is 10.2. The largest absolute Gasteiger partial charge is 0.426 e. The summed E-state index contributed by atoms with van der Waals surface area (Å²) < 4.78 is 11.0. The first kappa shape index (κ1) is 17.7. The zero-order valence-corrected chi connectivity index (χ0v) is 15.7. The molecule has 120 valence electrons. The van der Waals surface area contributed by atoms with Crippen molar-refractivity contribution in [3.05, 3.63) is 46.0 Å². The lowest BCUT2D eigenvalue weighted by atomic mass is 10.0. The summed E-state index contributed by atoms with van der Waals surface area (Å²) in [5.74, 6) is 0.727. The highest BCUT2D eigenvalue weighted by molar-refractivity contribution is 9.09. The van der Waals surface area contributed by atoms with E-state index in [0.29, 0.717) is 5.39 Å². The van der Waals surface area contributed by atoms with Crippen molar-refractivity contribution in [1.82, 2.24) is 4.90 Å². The lowest BCUT2D eigenvalue weighted by Crippen LogP contribution is -2.36. The van der Waals surface area contributed by atoms with Gasteiger partial charge in [0, 0.05) is 25.2 Å². The van der Waals surface area contributed by atoms with Crippen LogP contribution in [-0.4, -0.2) is 31.2 Å². The normalized spacial score (nSPS) is 17.2. The number of ether oxygens (including phenoxy) is 1. The Balaban J connectivity index is 0.00000176. The number of halogens is 2. The second-order valence-electron chi connectivity index (χ2n) is 5.28. The van der Waals surface area contributed by atoms with Gasteiger partial charge in [-0.1, -0.05) is 34.1 Å². The molecular weight excluding hydrogens is 414 g/mol. The van der Waals surface area contributed by atoms with Crippen LogP contribution in [0.2, 0.25) is 0 Å². The van der Waals surface area contributed by atoms with Crippen LogP contribution in [0.1, 0.15) is 23.1 Å². The number of rotatable bonds is 3. The molecule has 0 radical (unpaired) electrons. The third-order valence-corrected chi connectivity index (χ3v) is 4.23. The van der Waals surface area contributed by atoms with E-state index in [4.69, 9.17) is 9.15 Å². The Morgan fingerprint density at radius 3 is 2.50 bits per heavy atom. The third-order valence-electron chi connectivity index (χ3n) is 3.82. The first-order valence-corrected chi connectivity index (χ1v) is 8.07. The first-order valence-electron chi connectivity index (χ1n) is 7.15. The van der Waals surface area contributed by atoms with Crippen LogP contribution >= 0.6 is 32.9 Å².